The van der Waals surface area contributed by atoms with Gasteiger partial charge in [-0.15, -0.1) is 11.8 Å². The quantitative estimate of drug-likeness (QED) is 0.360. The van der Waals surface area contributed by atoms with E-state index in [1.54, 1.807) is 30.0 Å². The van der Waals surface area contributed by atoms with E-state index in [0.717, 1.165) is 32.9 Å². The minimum Gasteiger partial charge on any atom is -0.465 e. The Kier molecular flexibility index (Phi) is 6.52. The lowest BCUT2D eigenvalue weighted by Crippen LogP contribution is -2.01. The van der Waals surface area contributed by atoms with E-state index in [1.165, 1.54) is 7.11 Å². The zero-order chi connectivity index (χ0) is 20.1. The highest BCUT2D eigenvalue weighted by molar-refractivity contribution is 7.98. The number of carbonyl (C=O) groups is 1. The molecule has 2 N–H and O–H groups in total. The van der Waals surface area contributed by atoms with E-state index in [1.807, 2.05) is 37.3 Å². The minimum atomic E-state index is -1.44. The molecule has 0 aliphatic carbocycles. The van der Waals surface area contributed by atoms with Crippen LogP contribution in [0, 0.1) is 6.92 Å². The number of aryl methyl sites for hydroxylation is 1. The Morgan fingerprint density at radius 1 is 1.04 bits per heavy atom. The average molecular weight is 394 g/mol. The molecule has 0 bridgehead atoms. The van der Waals surface area contributed by atoms with Crippen LogP contribution in [0.2, 0.25) is 0 Å². The van der Waals surface area contributed by atoms with E-state index in [2.05, 4.69) is 18.2 Å². The van der Waals surface area contributed by atoms with Crippen molar-refractivity contribution in [2.24, 2.45) is 0 Å². The molecule has 4 nitrogen and oxygen atoms in total. The van der Waals surface area contributed by atoms with Crippen molar-refractivity contribution in [1.82, 2.24) is 0 Å². The summed E-state index contributed by atoms with van der Waals surface area (Å²) in [6.07, 6.45) is -1.44. The fourth-order valence-electron chi connectivity index (χ4n) is 2.94. The molecule has 144 valence electrons. The largest absolute Gasteiger partial charge is 0.465 e. The fraction of sp³-hybridized carbons (Fsp3) is 0.174. The van der Waals surface area contributed by atoms with Gasteiger partial charge in [-0.05, 0) is 53.4 Å². The van der Waals surface area contributed by atoms with Crippen molar-refractivity contribution >= 4 is 17.7 Å². The number of aliphatic hydroxyl groups excluding tert-OH is 1. The molecule has 0 amide bonds. The van der Waals surface area contributed by atoms with Crippen LogP contribution in [0.25, 0.3) is 11.1 Å². The summed E-state index contributed by atoms with van der Waals surface area (Å²) in [4.78, 5) is 12.8. The molecule has 0 atom stereocenters. The number of aliphatic hydroxyl groups is 2. The predicted molar refractivity (Wildman–Crippen MR) is 111 cm³/mol. The summed E-state index contributed by atoms with van der Waals surface area (Å²) in [5.74, 6) is 0.449. The van der Waals surface area contributed by atoms with Gasteiger partial charge in [0.25, 0.3) is 0 Å². The van der Waals surface area contributed by atoms with Gasteiger partial charge in [-0.1, -0.05) is 42.5 Å². The van der Waals surface area contributed by atoms with Crippen molar-refractivity contribution in [2.75, 3.05) is 7.11 Å². The number of benzene rings is 3. The van der Waals surface area contributed by atoms with Crippen molar-refractivity contribution in [3.63, 3.8) is 0 Å². The zero-order valence-electron chi connectivity index (χ0n) is 15.8. The third-order valence-corrected chi connectivity index (χ3v) is 5.54. The maximum absolute atomic E-state index is 11.7. The Hall–Kier alpha value is -2.60. The molecule has 0 heterocycles. The van der Waals surface area contributed by atoms with E-state index >= 15 is 0 Å². The average Bonchev–Trinajstić information content (AvgIpc) is 2.72. The van der Waals surface area contributed by atoms with Crippen molar-refractivity contribution in [3.05, 3.63) is 89.0 Å². The number of carbonyl (C=O) groups excluding carboxylic acids is 1. The first kappa shape index (κ1) is 20.1. The second-order valence-electron chi connectivity index (χ2n) is 6.45. The monoisotopic (exact) mass is 394 g/mol. The number of thioether (sulfide) groups is 1. The first-order valence-corrected chi connectivity index (χ1v) is 9.83. The van der Waals surface area contributed by atoms with Gasteiger partial charge in [0.05, 0.1) is 12.7 Å². The van der Waals surface area contributed by atoms with Crippen molar-refractivity contribution < 1.29 is 19.7 Å². The van der Waals surface area contributed by atoms with Gasteiger partial charge in [0, 0.05) is 16.2 Å². The molecule has 0 aromatic heterocycles. The molecule has 0 spiro atoms. The van der Waals surface area contributed by atoms with E-state index in [-0.39, 0.29) is 5.97 Å². The highest BCUT2D eigenvalue weighted by atomic mass is 32.2. The summed E-state index contributed by atoms with van der Waals surface area (Å²) in [5, 5.41) is 18.3. The Morgan fingerprint density at radius 2 is 1.79 bits per heavy atom. The summed E-state index contributed by atoms with van der Waals surface area (Å²) in [6, 6.07) is 21.1. The second kappa shape index (κ2) is 9.06. The van der Waals surface area contributed by atoms with E-state index in [0.29, 0.717) is 11.1 Å². The molecular weight excluding hydrogens is 372 g/mol. The molecule has 5 heteroatoms. The molecule has 3 aromatic carbocycles. The number of esters is 1. The first-order chi connectivity index (χ1) is 13.5. The van der Waals surface area contributed by atoms with Gasteiger partial charge in [0.2, 0.25) is 0 Å². The number of rotatable bonds is 6. The lowest BCUT2D eigenvalue weighted by Gasteiger charge is -2.10. The summed E-state index contributed by atoms with van der Waals surface area (Å²) in [5.41, 5.74) is 5.34. The van der Waals surface area contributed by atoms with Gasteiger partial charge in [-0.2, -0.15) is 0 Å². The Balaban J connectivity index is 1.74. The van der Waals surface area contributed by atoms with Gasteiger partial charge in [0.1, 0.15) is 0 Å². The van der Waals surface area contributed by atoms with E-state index < -0.39 is 6.29 Å². The molecule has 0 unspecified atom stereocenters. The van der Waals surface area contributed by atoms with Crippen LogP contribution in [0.5, 0.6) is 0 Å². The van der Waals surface area contributed by atoms with Gasteiger partial charge < -0.3 is 14.9 Å². The maximum atomic E-state index is 11.7. The number of hydrogen-bond acceptors (Lipinski definition) is 5. The van der Waals surface area contributed by atoms with Crippen LogP contribution in [0.3, 0.4) is 0 Å². The topological polar surface area (TPSA) is 66.8 Å². The molecule has 3 aromatic rings. The molecule has 0 fully saturated rings. The number of ether oxygens (including phenoxy) is 1. The zero-order valence-corrected chi connectivity index (χ0v) is 16.6. The van der Waals surface area contributed by atoms with E-state index in [4.69, 9.17) is 14.9 Å². The van der Waals surface area contributed by atoms with Crippen LogP contribution in [0.1, 0.15) is 33.3 Å². The summed E-state index contributed by atoms with van der Waals surface area (Å²) < 4.78 is 4.78. The van der Waals surface area contributed by atoms with Crippen molar-refractivity contribution in [3.8, 4) is 11.1 Å². The summed E-state index contributed by atoms with van der Waals surface area (Å²) in [6.45, 7) is 1.98. The number of hydrogen-bond donors (Lipinski definition) is 2. The van der Waals surface area contributed by atoms with Gasteiger partial charge >= 0.3 is 5.97 Å². The minimum absolute atomic E-state index is 0.335. The molecule has 0 saturated carbocycles. The van der Waals surface area contributed by atoms with Crippen molar-refractivity contribution in [2.45, 2.75) is 23.9 Å². The highest BCUT2D eigenvalue weighted by Crippen LogP contribution is 2.30. The molecule has 0 aliphatic rings. The van der Waals surface area contributed by atoms with Gasteiger partial charge in [0.15, 0.2) is 6.29 Å². The third-order valence-electron chi connectivity index (χ3n) is 4.48. The Morgan fingerprint density at radius 3 is 2.43 bits per heavy atom. The fourth-order valence-corrected chi connectivity index (χ4v) is 3.85. The SMILES string of the molecule is COC(=O)c1ccc(-c2cccc(SCc3ccc(C(O)O)cc3)c2)c(C)c1. The molecule has 0 aliphatic heterocycles. The third kappa shape index (κ3) is 4.81. The predicted octanol–water partition coefficient (Wildman–Crippen LogP) is 4.72. The van der Waals surface area contributed by atoms with Gasteiger partial charge in [-0.25, -0.2) is 4.79 Å². The van der Waals surface area contributed by atoms with Crippen LogP contribution < -0.4 is 0 Å². The normalized spacial score (nSPS) is 10.9. The van der Waals surface area contributed by atoms with Crippen molar-refractivity contribution in [1.29, 1.82) is 0 Å². The van der Waals surface area contributed by atoms with Crippen LogP contribution >= 0.6 is 11.8 Å². The van der Waals surface area contributed by atoms with Crippen LogP contribution in [0.15, 0.2) is 71.6 Å². The molecule has 0 saturated heterocycles. The first-order valence-electron chi connectivity index (χ1n) is 8.85. The standard InChI is InChI=1S/C23H22O4S/c1-15-12-19(23(26)27-2)10-11-21(15)18-4-3-5-20(13-18)28-14-16-6-8-17(9-7-16)22(24)25/h3-13,22,24-25H,14H2,1-2H3. The van der Waals surface area contributed by atoms with Crippen LogP contribution in [-0.4, -0.2) is 23.3 Å². The molecule has 3 rings (SSSR count). The number of methoxy groups -OCH3 is 1. The second-order valence-corrected chi connectivity index (χ2v) is 7.50. The lowest BCUT2D eigenvalue weighted by molar-refractivity contribution is -0.0424. The highest BCUT2D eigenvalue weighted by Gasteiger charge is 2.09. The Labute approximate surface area is 168 Å². The maximum Gasteiger partial charge on any atom is 0.337 e. The van der Waals surface area contributed by atoms with Gasteiger partial charge in [-0.3, -0.25) is 0 Å². The molecule has 0 radical (unpaired) electrons. The van der Waals surface area contributed by atoms with Crippen LogP contribution in [0.4, 0.5) is 0 Å². The Bertz CT molecular complexity index is 965. The summed E-state index contributed by atoms with van der Waals surface area (Å²) in [7, 11) is 1.38. The van der Waals surface area contributed by atoms with E-state index in [9.17, 15) is 4.79 Å². The molecular formula is C23H22O4S. The molecule has 28 heavy (non-hydrogen) atoms. The van der Waals surface area contributed by atoms with Crippen LogP contribution in [-0.2, 0) is 10.5 Å². The smallest absolute Gasteiger partial charge is 0.337 e. The lowest BCUT2D eigenvalue weighted by atomic mass is 9.98. The summed E-state index contributed by atoms with van der Waals surface area (Å²) >= 11 is 1.72.